The third-order valence-electron chi connectivity index (χ3n) is 3.39. The topological polar surface area (TPSA) is 118 Å². The van der Waals surface area contributed by atoms with Crippen LogP contribution in [0.2, 0.25) is 0 Å². The Hall–Kier alpha value is -2.21. The number of nitrogens with one attached hydrogen (secondary N) is 1. The molecule has 8 nitrogen and oxygen atoms in total. The molecule has 11 heteroatoms. The van der Waals surface area contributed by atoms with Gasteiger partial charge in [-0.25, -0.2) is 0 Å². The van der Waals surface area contributed by atoms with E-state index in [4.69, 9.17) is 0 Å². The minimum Gasteiger partial charge on any atom is -0.318 e. The van der Waals surface area contributed by atoms with E-state index in [9.17, 15) is 21.4 Å². The summed E-state index contributed by atoms with van der Waals surface area (Å²) in [5.41, 5.74) is 0.879. The van der Waals surface area contributed by atoms with Crippen LogP contribution < -0.4 is 9.63 Å². The number of benzene rings is 2. The molecular weight excluding hydrogens is 386 g/mol. The first kappa shape index (κ1) is 17.6. The predicted molar refractivity (Wildman–Crippen MR) is 92.9 cm³/mol. The largest absolute Gasteiger partial charge is 0.318 e. The number of aromatic nitrogens is 1. The van der Waals surface area contributed by atoms with Crippen LogP contribution in [0.15, 0.2) is 63.4 Å². The third-order valence-corrected chi connectivity index (χ3v) is 6.81. The third kappa shape index (κ3) is 3.44. The lowest BCUT2D eigenvalue weighted by atomic mass is 10.3. The number of thiazole rings is 1. The summed E-state index contributed by atoms with van der Waals surface area (Å²) in [5, 5.41) is 3.88. The van der Waals surface area contributed by atoms with Gasteiger partial charge in [-0.05, 0) is 24.3 Å². The molecule has 0 unspecified atom stereocenters. The van der Waals surface area contributed by atoms with E-state index in [0.29, 0.717) is 4.80 Å². The molecule has 0 spiro atoms. The molecule has 0 bridgehead atoms. The van der Waals surface area contributed by atoms with Crippen molar-refractivity contribution < 1.29 is 21.4 Å². The van der Waals surface area contributed by atoms with Gasteiger partial charge in [0, 0.05) is 7.05 Å². The van der Waals surface area contributed by atoms with Crippen LogP contribution >= 0.6 is 11.3 Å². The standard InChI is InChI=1S/C14H13N3O5S3/c1-17-10-6-2-3-7-11(10)23-14(17)15-16-24(18,19)12-8-4-5-9-13(12)25(20,21)22/h2-9,16H,1H3,(H,20,21,22). The van der Waals surface area contributed by atoms with Crippen molar-refractivity contribution in [3.05, 3.63) is 53.3 Å². The van der Waals surface area contributed by atoms with Crippen LogP contribution in [0, 0.1) is 0 Å². The van der Waals surface area contributed by atoms with E-state index in [1.807, 2.05) is 29.1 Å². The van der Waals surface area contributed by atoms with E-state index < -0.39 is 29.9 Å². The van der Waals surface area contributed by atoms with Gasteiger partial charge in [-0.3, -0.25) is 4.55 Å². The number of rotatable bonds is 4. The fourth-order valence-corrected chi connectivity index (χ4v) is 5.37. The number of hydrogen-bond donors (Lipinski definition) is 2. The van der Waals surface area contributed by atoms with Crippen molar-refractivity contribution in [3.63, 3.8) is 0 Å². The first-order valence-corrected chi connectivity index (χ1v) is 10.6. The summed E-state index contributed by atoms with van der Waals surface area (Å²) in [6.45, 7) is 0. The van der Waals surface area contributed by atoms with Gasteiger partial charge in [0.25, 0.3) is 20.1 Å². The molecule has 1 heterocycles. The molecule has 3 aromatic rings. The van der Waals surface area contributed by atoms with Gasteiger partial charge in [-0.2, -0.15) is 21.7 Å². The first-order valence-electron chi connectivity index (χ1n) is 6.87. The first-order chi connectivity index (χ1) is 11.7. The van der Waals surface area contributed by atoms with Crippen LogP contribution in [0.1, 0.15) is 0 Å². The lowest BCUT2D eigenvalue weighted by Gasteiger charge is -2.07. The van der Waals surface area contributed by atoms with Crippen LogP contribution in [0.3, 0.4) is 0 Å². The van der Waals surface area contributed by atoms with Crippen molar-refractivity contribution in [3.8, 4) is 0 Å². The van der Waals surface area contributed by atoms with Gasteiger partial charge in [0.2, 0.25) is 4.80 Å². The molecule has 0 aliphatic rings. The highest BCUT2D eigenvalue weighted by molar-refractivity contribution is 7.91. The monoisotopic (exact) mass is 399 g/mol. The maximum Gasteiger partial charge on any atom is 0.295 e. The zero-order chi connectivity index (χ0) is 18.2. The SMILES string of the molecule is Cn1c(=NNS(=O)(=O)c2ccccc2S(=O)(=O)O)sc2ccccc21. The summed E-state index contributed by atoms with van der Waals surface area (Å²) in [7, 11) is -7.25. The Balaban J connectivity index is 2.07. The second kappa shape index (κ2) is 6.26. The maximum atomic E-state index is 12.4. The van der Waals surface area contributed by atoms with E-state index >= 15 is 0 Å². The Kier molecular flexibility index (Phi) is 4.41. The van der Waals surface area contributed by atoms with Gasteiger partial charge in [0.15, 0.2) is 0 Å². The zero-order valence-corrected chi connectivity index (χ0v) is 15.3. The summed E-state index contributed by atoms with van der Waals surface area (Å²) >= 11 is 1.27. The van der Waals surface area contributed by atoms with Crippen molar-refractivity contribution in [2.45, 2.75) is 9.79 Å². The molecule has 0 saturated carbocycles. The van der Waals surface area contributed by atoms with Crippen molar-refractivity contribution in [1.29, 1.82) is 0 Å². The van der Waals surface area contributed by atoms with Crippen molar-refractivity contribution in [2.75, 3.05) is 0 Å². The molecule has 0 saturated heterocycles. The van der Waals surface area contributed by atoms with Crippen molar-refractivity contribution in [1.82, 2.24) is 9.40 Å². The fraction of sp³-hybridized carbons (Fsp3) is 0.0714. The van der Waals surface area contributed by atoms with Gasteiger partial charge < -0.3 is 4.57 Å². The molecular formula is C14H13N3O5S3. The molecule has 0 atom stereocenters. The lowest BCUT2D eigenvalue weighted by Crippen LogP contribution is -2.25. The Labute approximate surface area is 147 Å². The van der Waals surface area contributed by atoms with Crippen LogP contribution in [-0.2, 0) is 27.2 Å². The van der Waals surface area contributed by atoms with Crippen LogP contribution in [0.5, 0.6) is 0 Å². The number of hydrogen-bond acceptors (Lipinski definition) is 6. The summed E-state index contributed by atoms with van der Waals surface area (Å²) in [6, 6.07) is 12.2. The van der Waals surface area contributed by atoms with E-state index in [-0.39, 0.29) is 0 Å². The average Bonchev–Trinajstić information content (AvgIpc) is 2.89. The highest BCUT2D eigenvalue weighted by Gasteiger charge is 2.24. The zero-order valence-electron chi connectivity index (χ0n) is 12.8. The summed E-state index contributed by atoms with van der Waals surface area (Å²) in [5.74, 6) is 0. The van der Waals surface area contributed by atoms with E-state index in [1.165, 1.54) is 23.5 Å². The normalized spacial score (nSPS) is 13.3. The number of sulfonamides is 1. The summed E-state index contributed by atoms with van der Waals surface area (Å²) in [6.07, 6.45) is 0. The molecule has 132 valence electrons. The van der Waals surface area contributed by atoms with E-state index in [1.54, 1.807) is 11.6 Å². The highest BCUT2D eigenvalue weighted by atomic mass is 32.2. The number of aryl methyl sites for hydroxylation is 1. The fourth-order valence-electron chi connectivity index (χ4n) is 2.22. The Morgan fingerprint density at radius 3 is 2.24 bits per heavy atom. The van der Waals surface area contributed by atoms with Crippen LogP contribution in [-0.4, -0.2) is 26.0 Å². The molecule has 25 heavy (non-hydrogen) atoms. The number of nitrogens with zero attached hydrogens (tertiary/aromatic N) is 2. The minimum absolute atomic E-state index is 0.383. The van der Waals surface area contributed by atoms with Gasteiger partial charge in [-0.1, -0.05) is 35.6 Å². The van der Waals surface area contributed by atoms with Gasteiger partial charge in [0.05, 0.1) is 10.2 Å². The maximum absolute atomic E-state index is 12.4. The van der Waals surface area contributed by atoms with E-state index in [0.717, 1.165) is 22.3 Å². The second-order valence-corrected chi connectivity index (χ2v) is 9.07. The Morgan fingerprint density at radius 2 is 1.60 bits per heavy atom. The predicted octanol–water partition coefficient (Wildman–Crippen LogP) is 1.28. The number of para-hydroxylation sites is 1. The number of fused-ring (bicyclic) bond motifs is 1. The van der Waals surface area contributed by atoms with Crippen LogP contribution in [0.25, 0.3) is 10.2 Å². The Bertz CT molecular complexity index is 1220. The molecule has 2 aromatic carbocycles. The van der Waals surface area contributed by atoms with Crippen LogP contribution in [0.4, 0.5) is 0 Å². The lowest BCUT2D eigenvalue weighted by molar-refractivity contribution is 0.479. The molecule has 3 rings (SSSR count). The highest BCUT2D eigenvalue weighted by Crippen LogP contribution is 2.20. The molecule has 0 aliphatic heterocycles. The Morgan fingerprint density at radius 1 is 1.00 bits per heavy atom. The molecule has 1 aromatic heterocycles. The average molecular weight is 399 g/mol. The van der Waals surface area contributed by atoms with Crippen molar-refractivity contribution >= 4 is 41.7 Å². The minimum atomic E-state index is -4.69. The van der Waals surface area contributed by atoms with E-state index in [2.05, 4.69) is 5.10 Å². The quantitative estimate of drug-likeness (QED) is 0.506. The van der Waals surface area contributed by atoms with Crippen molar-refractivity contribution in [2.24, 2.45) is 12.1 Å². The molecule has 2 N–H and O–H groups in total. The molecule has 0 amide bonds. The second-order valence-electron chi connectivity index (χ2n) is 5.04. The molecule has 0 aliphatic carbocycles. The molecule has 0 radical (unpaired) electrons. The van der Waals surface area contributed by atoms with Gasteiger partial charge >= 0.3 is 0 Å². The molecule has 0 fully saturated rings. The smallest absolute Gasteiger partial charge is 0.295 e. The van der Waals surface area contributed by atoms with Gasteiger partial charge in [0.1, 0.15) is 9.79 Å². The summed E-state index contributed by atoms with van der Waals surface area (Å²) in [4.78, 5) is 1.11. The van der Waals surface area contributed by atoms with Gasteiger partial charge in [-0.15, -0.1) is 5.10 Å². The summed E-state index contributed by atoms with van der Waals surface area (Å²) < 4.78 is 59.4.